The topological polar surface area (TPSA) is 72.3 Å². The number of rotatable bonds is 6. The number of piperazine rings is 1. The van der Waals surface area contributed by atoms with Crippen LogP contribution in [-0.2, 0) is 13.1 Å². The van der Waals surface area contributed by atoms with Gasteiger partial charge in [0.05, 0.1) is 30.3 Å². The number of imidazole rings is 1. The van der Waals surface area contributed by atoms with Crippen LogP contribution in [0.15, 0.2) is 73.7 Å². The standard InChI is InChI=1S/C27H29N9/c1-32-23-5-6-24(32)18-33(17-23)13-20-4-7-27-29-22(15-35(27)14-20)16-36-19-26(30-31-36)21-10-25(12-28-11-21)34-8-2-3-9-34/h2-4,7-12,14-15,19,23-24H,5-6,13,16-18H2,1H3. The Morgan fingerprint density at radius 1 is 0.944 bits per heavy atom. The molecule has 182 valence electrons. The number of likely N-dealkylation sites (tertiary alicyclic amines) is 1. The number of hydrogen-bond donors (Lipinski definition) is 0. The maximum Gasteiger partial charge on any atom is 0.137 e. The molecule has 7 rings (SSSR count). The Morgan fingerprint density at radius 2 is 1.78 bits per heavy atom. The molecule has 36 heavy (non-hydrogen) atoms. The van der Waals surface area contributed by atoms with Crippen molar-refractivity contribution < 1.29 is 0 Å². The van der Waals surface area contributed by atoms with Crippen molar-refractivity contribution in [2.75, 3.05) is 20.1 Å². The van der Waals surface area contributed by atoms with Crippen molar-refractivity contribution in [3.63, 3.8) is 0 Å². The van der Waals surface area contributed by atoms with Crippen molar-refractivity contribution in [3.8, 4) is 16.9 Å². The zero-order chi connectivity index (χ0) is 24.1. The average molecular weight is 480 g/mol. The number of fused-ring (bicyclic) bond motifs is 3. The number of nitrogens with zero attached hydrogens (tertiary/aromatic N) is 9. The van der Waals surface area contributed by atoms with Crippen molar-refractivity contribution >= 4 is 5.65 Å². The molecular weight excluding hydrogens is 450 g/mol. The van der Waals surface area contributed by atoms with Crippen LogP contribution >= 0.6 is 0 Å². The van der Waals surface area contributed by atoms with Crippen molar-refractivity contribution in [2.24, 2.45) is 0 Å². The van der Waals surface area contributed by atoms with Crippen molar-refractivity contribution in [2.45, 2.75) is 38.0 Å². The maximum absolute atomic E-state index is 4.81. The zero-order valence-corrected chi connectivity index (χ0v) is 20.4. The first-order chi connectivity index (χ1) is 17.7. The largest absolute Gasteiger partial charge is 0.322 e. The van der Waals surface area contributed by atoms with E-state index in [-0.39, 0.29) is 0 Å². The summed E-state index contributed by atoms with van der Waals surface area (Å²) in [5.74, 6) is 0. The van der Waals surface area contributed by atoms with Crippen molar-refractivity contribution in [1.82, 2.24) is 43.7 Å². The number of likely N-dealkylation sites (N-methyl/N-ethyl adjacent to an activating group) is 1. The Morgan fingerprint density at radius 3 is 2.61 bits per heavy atom. The Bertz CT molecular complexity index is 1480. The lowest BCUT2D eigenvalue weighted by atomic mass is 10.1. The second kappa shape index (κ2) is 8.69. The molecule has 9 nitrogen and oxygen atoms in total. The van der Waals surface area contributed by atoms with E-state index in [1.807, 2.05) is 52.4 Å². The lowest BCUT2D eigenvalue weighted by molar-refractivity contribution is 0.0837. The van der Waals surface area contributed by atoms with E-state index in [2.05, 4.69) is 67.1 Å². The van der Waals surface area contributed by atoms with Gasteiger partial charge in [0.2, 0.25) is 0 Å². The van der Waals surface area contributed by atoms with E-state index < -0.39 is 0 Å². The van der Waals surface area contributed by atoms with Gasteiger partial charge in [-0.1, -0.05) is 11.3 Å². The van der Waals surface area contributed by atoms with Crippen LogP contribution in [0, 0.1) is 0 Å². The molecule has 0 aromatic carbocycles. The second-order valence-corrected chi connectivity index (χ2v) is 10.1. The van der Waals surface area contributed by atoms with E-state index in [1.165, 1.54) is 31.5 Å². The van der Waals surface area contributed by atoms with Crippen LogP contribution in [-0.4, -0.2) is 76.0 Å². The minimum atomic E-state index is 0.566. The predicted molar refractivity (Wildman–Crippen MR) is 137 cm³/mol. The first-order valence-electron chi connectivity index (χ1n) is 12.6. The molecule has 0 spiro atoms. The van der Waals surface area contributed by atoms with Gasteiger partial charge in [-0.15, -0.1) is 5.10 Å². The van der Waals surface area contributed by atoms with Crippen LogP contribution < -0.4 is 0 Å². The third kappa shape index (κ3) is 4.00. The highest BCUT2D eigenvalue weighted by molar-refractivity contribution is 5.59. The molecule has 7 heterocycles. The third-order valence-corrected chi connectivity index (χ3v) is 7.68. The molecule has 0 aliphatic carbocycles. The van der Waals surface area contributed by atoms with Gasteiger partial charge in [0, 0.05) is 68.3 Å². The molecule has 5 aromatic heterocycles. The van der Waals surface area contributed by atoms with Gasteiger partial charge in [0.15, 0.2) is 0 Å². The van der Waals surface area contributed by atoms with E-state index >= 15 is 0 Å². The first-order valence-corrected chi connectivity index (χ1v) is 12.6. The van der Waals surface area contributed by atoms with Gasteiger partial charge < -0.3 is 8.97 Å². The minimum absolute atomic E-state index is 0.566. The number of aromatic nitrogens is 7. The fourth-order valence-electron chi connectivity index (χ4n) is 5.74. The van der Waals surface area contributed by atoms with Crippen LogP contribution in [0.25, 0.3) is 22.6 Å². The Hall–Kier alpha value is -3.82. The van der Waals surface area contributed by atoms with E-state index in [0.717, 1.165) is 34.8 Å². The molecule has 2 unspecified atom stereocenters. The second-order valence-electron chi connectivity index (χ2n) is 10.1. The Labute approximate surface area is 209 Å². The highest BCUT2D eigenvalue weighted by Gasteiger charge is 2.37. The van der Waals surface area contributed by atoms with Crippen LogP contribution in [0.3, 0.4) is 0 Å². The molecule has 2 bridgehead atoms. The quantitative estimate of drug-likeness (QED) is 0.373. The van der Waals surface area contributed by atoms with E-state index in [9.17, 15) is 0 Å². The molecule has 2 aliphatic rings. The molecule has 5 aromatic rings. The van der Waals surface area contributed by atoms with E-state index in [0.29, 0.717) is 18.6 Å². The highest BCUT2D eigenvalue weighted by Crippen LogP contribution is 2.29. The number of hydrogen-bond acceptors (Lipinski definition) is 6. The van der Waals surface area contributed by atoms with Gasteiger partial charge in [-0.25, -0.2) is 9.67 Å². The van der Waals surface area contributed by atoms with Gasteiger partial charge in [-0.05, 0) is 49.7 Å². The lowest BCUT2D eigenvalue weighted by Crippen LogP contribution is -2.51. The summed E-state index contributed by atoms with van der Waals surface area (Å²) in [5, 5.41) is 8.72. The third-order valence-electron chi connectivity index (χ3n) is 7.68. The molecule has 0 radical (unpaired) electrons. The zero-order valence-electron chi connectivity index (χ0n) is 20.4. The predicted octanol–water partition coefficient (Wildman–Crippen LogP) is 3.11. The Balaban J connectivity index is 1.06. The lowest BCUT2D eigenvalue weighted by Gasteiger charge is -2.38. The smallest absolute Gasteiger partial charge is 0.137 e. The molecule has 2 atom stereocenters. The Kier molecular flexibility index (Phi) is 5.18. The summed E-state index contributed by atoms with van der Waals surface area (Å²) in [6, 6.07) is 11.8. The summed E-state index contributed by atoms with van der Waals surface area (Å²) >= 11 is 0. The summed E-state index contributed by atoms with van der Waals surface area (Å²) in [5.41, 5.74) is 5.96. The van der Waals surface area contributed by atoms with Gasteiger partial charge >= 0.3 is 0 Å². The highest BCUT2D eigenvalue weighted by atomic mass is 15.4. The molecule has 0 N–H and O–H groups in total. The molecule has 2 aliphatic heterocycles. The normalized spacial score (nSPS) is 20.5. The molecule has 2 fully saturated rings. The number of pyridine rings is 2. The molecule has 9 heteroatoms. The monoisotopic (exact) mass is 479 g/mol. The van der Waals surface area contributed by atoms with Crippen LogP contribution in [0.4, 0.5) is 0 Å². The summed E-state index contributed by atoms with van der Waals surface area (Å²) in [6.07, 6.45) is 16.6. The fourth-order valence-corrected chi connectivity index (χ4v) is 5.74. The summed E-state index contributed by atoms with van der Waals surface area (Å²) in [4.78, 5) is 14.4. The fraction of sp³-hybridized carbons (Fsp3) is 0.333. The van der Waals surface area contributed by atoms with E-state index in [1.54, 1.807) is 0 Å². The molecule has 0 amide bonds. The summed E-state index contributed by atoms with van der Waals surface area (Å²) < 4.78 is 6.00. The van der Waals surface area contributed by atoms with Crippen molar-refractivity contribution in [1.29, 1.82) is 0 Å². The van der Waals surface area contributed by atoms with Crippen LogP contribution in [0.1, 0.15) is 24.1 Å². The maximum atomic E-state index is 4.81. The molecular formula is C27H29N9. The van der Waals surface area contributed by atoms with Crippen molar-refractivity contribution in [3.05, 3.63) is 85.0 Å². The SMILES string of the molecule is CN1C2CCC1CN(Cc1ccc3nc(Cn4cc(-c5cncc(-n6cccc6)c5)nn4)cn3c1)C2. The van der Waals surface area contributed by atoms with Crippen LogP contribution in [0.5, 0.6) is 0 Å². The minimum Gasteiger partial charge on any atom is -0.322 e. The van der Waals surface area contributed by atoms with Gasteiger partial charge in [0.1, 0.15) is 11.3 Å². The first kappa shape index (κ1) is 21.5. The van der Waals surface area contributed by atoms with Gasteiger partial charge in [0.25, 0.3) is 0 Å². The molecule has 2 saturated heterocycles. The van der Waals surface area contributed by atoms with E-state index in [4.69, 9.17) is 4.98 Å². The summed E-state index contributed by atoms with van der Waals surface area (Å²) in [7, 11) is 2.29. The molecule has 0 saturated carbocycles. The van der Waals surface area contributed by atoms with Gasteiger partial charge in [-0.3, -0.25) is 14.8 Å². The van der Waals surface area contributed by atoms with Gasteiger partial charge in [-0.2, -0.15) is 0 Å². The summed E-state index contributed by atoms with van der Waals surface area (Å²) in [6.45, 7) is 3.89. The average Bonchev–Trinajstić information content (AvgIpc) is 3.68. The van der Waals surface area contributed by atoms with Crippen LogP contribution in [0.2, 0.25) is 0 Å².